The molecule has 4 heteroatoms. The van der Waals surface area contributed by atoms with Crippen molar-refractivity contribution >= 4 is 11.6 Å². The summed E-state index contributed by atoms with van der Waals surface area (Å²) in [5.74, 6) is 0.611. The van der Waals surface area contributed by atoms with Gasteiger partial charge in [-0.3, -0.25) is 4.79 Å². The maximum atomic E-state index is 12.5. The molecule has 0 heterocycles. The molecule has 24 heavy (non-hydrogen) atoms. The minimum atomic E-state index is -0.144. The third-order valence-electron chi connectivity index (χ3n) is 3.47. The van der Waals surface area contributed by atoms with E-state index >= 15 is 0 Å². The van der Waals surface area contributed by atoms with Crippen molar-refractivity contribution in [3.63, 3.8) is 0 Å². The smallest absolute Gasteiger partial charge is 0.255 e. The van der Waals surface area contributed by atoms with Crippen LogP contribution < -0.4 is 10.1 Å². The fraction of sp³-hybridized carbons (Fsp3) is 0.350. The summed E-state index contributed by atoms with van der Waals surface area (Å²) in [6.45, 7) is 8.88. The van der Waals surface area contributed by atoms with Crippen LogP contribution in [0.4, 0.5) is 5.69 Å². The van der Waals surface area contributed by atoms with Crippen LogP contribution in [0.2, 0.25) is 0 Å². The van der Waals surface area contributed by atoms with Crippen molar-refractivity contribution in [2.24, 2.45) is 0 Å². The van der Waals surface area contributed by atoms with E-state index in [4.69, 9.17) is 9.47 Å². The van der Waals surface area contributed by atoms with Gasteiger partial charge in [0.05, 0.1) is 19.3 Å². The van der Waals surface area contributed by atoms with Gasteiger partial charge in [-0.1, -0.05) is 12.1 Å². The van der Waals surface area contributed by atoms with Crippen molar-refractivity contribution in [1.82, 2.24) is 0 Å². The summed E-state index contributed by atoms with van der Waals surface area (Å²) in [6, 6.07) is 13.2. The number of hydrogen-bond donors (Lipinski definition) is 1. The zero-order chi connectivity index (χ0) is 17.5. The number of anilines is 1. The number of benzene rings is 2. The van der Waals surface area contributed by atoms with Gasteiger partial charge < -0.3 is 14.8 Å². The number of carbonyl (C=O) groups is 1. The van der Waals surface area contributed by atoms with Crippen molar-refractivity contribution in [2.75, 3.05) is 11.9 Å². The molecule has 0 atom stereocenters. The first-order valence-corrected chi connectivity index (χ1v) is 8.25. The largest absolute Gasteiger partial charge is 0.494 e. The van der Waals surface area contributed by atoms with E-state index in [1.807, 2.05) is 64.1 Å². The molecule has 1 N–H and O–H groups in total. The fourth-order valence-corrected chi connectivity index (χ4v) is 2.31. The lowest BCUT2D eigenvalue weighted by Crippen LogP contribution is -2.13. The molecular weight excluding hydrogens is 302 g/mol. The Morgan fingerprint density at radius 1 is 1.17 bits per heavy atom. The Balaban J connectivity index is 2.19. The summed E-state index contributed by atoms with van der Waals surface area (Å²) in [5, 5.41) is 2.92. The minimum absolute atomic E-state index is 0.115. The van der Waals surface area contributed by atoms with E-state index < -0.39 is 0 Å². The van der Waals surface area contributed by atoms with E-state index in [0.29, 0.717) is 18.8 Å². The molecule has 2 rings (SSSR count). The van der Waals surface area contributed by atoms with Crippen LogP contribution in [0.25, 0.3) is 0 Å². The van der Waals surface area contributed by atoms with Crippen molar-refractivity contribution in [1.29, 1.82) is 0 Å². The number of amides is 1. The van der Waals surface area contributed by atoms with E-state index in [1.54, 1.807) is 6.07 Å². The highest BCUT2D eigenvalue weighted by atomic mass is 16.5. The van der Waals surface area contributed by atoms with E-state index in [2.05, 4.69) is 5.32 Å². The van der Waals surface area contributed by atoms with Crippen LogP contribution in [-0.4, -0.2) is 18.6 Å². The van der Waals surface area contributed by atoms with Crippen LogP contribution in [-0.2, 0) is 11.3 Å². The second-order valence-electron chi connectivity index (χ2n) is 5.94. The van der Waals surface area contributed by atoms with Crippen LogP contribution in [0.3, 0.4) is 0 Å². The topological polar surface area (TPSA) is 47.6 Å². The first-order chi connectivity index (χ1) is 11.5. The zero-order valence-electron chi connectivity index (χ0n) is 14.8. The minimum Gasteiger partial charge on any atom is -0.494 e. The van der Waals surface area contributed by atoms with E-state index in [-0.39, 0.29) is 12.0 Å². The van der Waals surface area contributed by atoms with Crippen LogP contribution in [0.15, 0.2) is 42.5 Å². The van der Waals surface area contributed by atoms with Gasteiger partial charge in [0.2, 0.25) is 0 Å². The molecule has 4 nitrogen and oxygen atoms in total. The Morgan fingerprint density at radius 2 is 1.96 bits per heavy atom. The molecule has 1 amide bonds. The molecule has 0 spiro atoms. The van der Waals surface area contributed by atoms with Crippen molar-refractivity contribution < 1.29 is 14.3 Å². The molecule has 0 aliphatic carbocycles. The van der Waals surface area contributed by atoms with Crippen LogP contribution in [0, 0.1) is 6.92 Å². The quantitative estimate of drug-likeness (QED) is 0.810. The van der Waals surface area contributed by atoms with Crippen molar-refractivity contribution in [2.45, 2.75) is 40.4 Å². The summed E-state index contributed by atoms with van der Waals surface area (Å²) in [7, 11) is 0. The lowest BCUT2D eigenvalue weighted by molar-refractivity contribution is 0.0641. The molecule has 2 aromatic rings. The molecule has 128 valence electrons. The summed E-state index contributed by atoms with van der Waals surface area (Å²) in [6.07, 6.45) is 0.115. The number of rotatable bonds is 7. The van der Waals surface area contributed by atoms with Gasteiger partial charge in [-0.05, 0) is 63.6 Å². The van der Waals surface area contributed by atoms with E-state index in [0.717, 1.165) is 22.6 Å². The van der Waals surface area contributed by atoms with Gasteiger partial charge in [0, 0.05) is 16.8 Å². The Morgan fingerprint density at radius 3 is 2.62 bits per heavy atom. The fourth-order valence-electron chi connectivity index (χ4n) is 2.31. The Hall–Kier alpha value is -2.33. The van der Waals surface area contributed by atoms with Gasteiger partial charge in [0.1, 0.15) is 5.75 Å². The Labute approximate surface area is 143 Å². The van der Waals surface area contributed by atoms with Gasteiger partial charge in [-0.2, -0.15) is 0 Å². The highest BCUT2D eigenvalue weighted by Gasteiger charge is 2.12. The molecule has 0 aliphatic rings. The average Bonchev–Trinajstić information content (AvgIpc) is 2.54. The second-order valence-corrected chi connectivity index (χ2v) is 5.94. The number of carbonyl (C=O) groups excluding carboxylic acids is 1. The predicted molar refractivity (Wildman–Crippen MR) is 96.7 cm³/mol. The second kappa shape index (κ2) is 8.50. The van der Waals surface area contributed by atoms with E-state index in [9.17, 15) is 4.79 Å². The number of hydrogen-bond acceptors (Lipinski definition) is 3. The zero-order valence-corrected chi connectivity index (χ0v) is 14.8. The first-order valence-electron chi connectivity index (χ1n) is 8.25. The Kier molecular flexibility index (Phi) is 6.38. The molecule has 0 saturated carbocycles. The summed E-state index contributed by atoms with van der Waals surface area (Å²) < 4.78 is 11.3. The average molecular weight is 327 g/mol. The van der Waals surface area contributed by atoms with Crippen LogP contribution in [0.1, 0.15) is 42.3 Å². The van der Waals surface area contributed by atoms with Crippen molar-refractivity contribution in [3.05, 3.63) is 59.2 Å². The SMILES string of the molecule is CCOc1ccc(C(=O)Nc2cccc(C)c2)cc1COC(C)C. The molecule has 0 unspecified atom stereocenters. The first kappa shape index (κ1) is 18.0. The number of nitrogens with one attached hydrogen (secondary N) is 1. The van der Waals surface area contributed by atoms with Gasteiger partial charge in [-0.15, -0.1) is 0 Å². The van der Waals surface area contributed by atoms with Gasteiger partial charge >= 0.3 is 0 Å². The predicted octanol–water partition coefficient (Wildman–Crippen LogP) is 4.57. The highest BCUT2D eigenvalue weighted by Crippen LogP contribution is 2.23. The summed E-state index contributed by atoms with van der Waals surface area (Å²) >= 11 is 0. The van der Waals surface area contributed by atoms with Gasteiger partial charge in [0.25, 0.3) is 5.91 Å². The van der Waals surface area contributed by atoms with Crippen LogP contribution >= 0.6 is 0 Å². The summed E-state index contributed by atoms with van der Waals surface area (Å²) in [4.78, 5) is 12.5. The van der Waals surface area contributed by atoms with Gasteiger partial charge in [0.15, 0.2) is 0 Å². The molecule has 0 aliphatic heterocycles. The van der Waals surface area contributed by atoms with Crippen molar-refractivity contribution in [3.8, 4) is 5.75 Å². The molecule has 2 aromatic carbocycles. The van der Waals surface area contributed by atoms with Crippen LogP contribution in [0.5, 0.6) is 5.75 Å². The maximum absolute atomic E-state index is 12.5. The summed E-state index contributed by atoms with van der Waals surface area (Å²) in [5.41, 5.74) is 3.35. The molecule has 0 fully saturated rings. The maximum Gasteiger partial charge on any atom is 0.255 e. The van der Waals surface area contributed by atoms with Gasteiger partial charge in [-0.25, -0.2) is 0 Å². The lowest BCUT2D eigenvalue weighted by atomic mass is 10.1. The molecule has 0 radical (unpaired) electrons. The lowest BCUT2D eigenvalue weighted by Gasteiger charge is -2.14. The number of aryl methyl sites for hydroxylation is 1. The molecule has 0 aromatic heterocycles. The third-order valence-corrected chi connectivity index (χ3v) is 3.47. The molecule has 0 bridgehead atoms. The molecule has 0 saturated heterocycles. The molecular formula is C20H25NO3. The normalized spacial score (nSPS) is 10.7. The van der Waals surface area contributed by atoms with E-state index in [1.165, 1.54) is 0 Å². The highest BCUT2D eigenvalue weighted by molar-refractivity contribution is 6.04. The standard InChI is InChI=1S/C20H25NO3/c1-5-23-19-10-9-16(12-17(19)13-24-14(2)3)20(22)21-18-8-6-7-15(4)11-18/h6-12,14H,5,13H2,1-4H3,(H,21,22). The number of ether oxygens (including phenoxy) is 2. The third kappa shape index (κ3) is 5.10. The Bertz CT molecular complexity index is 695. The monoisotopic (exact) mass is 327 g/mol.